The molecular weight excluding hydrogens is 576 g/mol. The van der Waals surface area contributed by atoms with Crippen LogP contribution in [-0.2, 0) is 9.84 Å². The zero-order chi connectivity index (χ0) is 29.2. The lowest BCUT2D eigenvalue weighted by molar-refractivity contribution is -0.422. The van der Waals surface area contributed by atoms with Crippen molar-refractivity contribution >= 4 is 9.84 Å². The second-order valence-corrected chi connectivity index (χ2v) is 10.00. The molecule has 0 saturated heterocycles. The van der Waals surface area contributed by atoms with Gasteiger partial charge in [0.05, 0.1) is 9.85 Å². The fourth-order valence-corrected chi connectivity index (χ4v) is 6.10. The molecule has 2 aliphatic carbocycles. The molecule has 2 atom stereocenters. The van der Waals surface area contributed by atoms with E-state index in [1.165, 1.54) is 0 Å². The first-order valence-electron chi connectivity index (χ1n) is 8.92. The van der Waals surface area contributed by atoms with Crippen LogP contribution in [0.5, 0.6) is 0 Å². The molecule has 0 saturated carbocycles. The van der Waals surface area contributed by atoms with Crippen molar-refractivity contribution in [2.24, 2.45) is 0 Å². The van der Waals surface area contributed by atoms with E-state index in [4.69, 9.17) is 0 Å². The van der Waals surface area contributed by atoms with Crippen molar-refractivity contribution in [3.63, 3.8) is 0 Å². The molecule has 2 rings (SSSR count). The normalized spacial score (nSPS) is 26.1. The zero-order valence-corrected chi connectivity index (χ0v) is 17.8. The number of sulfone groups is 1. The lowest BCUT2D eigenvalue weighted by Gasteiger charge is -2.44. The monoisotopic (exact) mass is 584 g/mol. The Kier molecular flexibility index (Phi) is 6.87. The second kappa shape index (κ2) is 8.45. The maximum absolute atomic E-state index is 14.1. The van der Waals surface area contributed by atoms with E-state index in [0.29, 0.717) is 0 Å². The highest BCUT2D eigenvalue weighted by atomic mass is 32.2. The standard InChI is InChI=1S/C16H8F12N2O6S/c17-13(18,19)7-5-11(15(23,24)25,3-1-9(7)29(31)32)37(35,36)12(16(26,27)28)4-2-10(30(33)34)8(6-12)14(20,21)22/h1-4H,5-6H2. The largest absolute Gasteiger partial charge is 0.419 e. The number of hydrogen-bond acceptors (Lipinski definition) is 6. The Balaban J connectivity index is 3.01. The molecule has 0 spiro atoms. The molecule has 0 aliphatic heterocycles. The van der Waals surface area contributed by atoms with E-state index >= 15 is 0 Å². The van der Waals surface area contributed by atoms with Gasteiger partial charge in [-0.05, 0) is 12.2 Å². The summed E-state index contributed by atoms with van der Waals surface area (Å²) >= 11 is 0. The number of allylic oxidation sites excluding steroid dienone is 4. The van der Waals surface area contributed by atoms with Crippen molar-refractivity contribution in [3.05, 3.63) is 67.1 Å². The quantitative estimate of drug-likeness (QED) is 0.257. The van der Waals surface area contributed by atoms with Crippen LogP contribution in [0.2, 0.25) is 0 Å². The third-order valence-electron chi connectivity index (χ3n) is 5.51. The van der Waals surface area contributed by atoms with Crippen molar-refractivity contribution in [2.45, 2.75) is 47.0 Å². The first kappa shape index (κ1) is 30.1. The fraction of sp³-hybridized carbons (Fsp3) is 0.500. The van der Waals surface area contributed by atoms with Crippen molar-refractivity contribution in [2.75, 3.05) is 0 Å². The highest BCUT2D eigenvalue weighted by Crippen LogP contribution is 2.58. The van der Waals surface area contributed by atoms with E-state index < -0.39 is 114 Å². The van der Waals surface area contributed by atoms with Gasteiger partial charge in [-0.15, -0.1) is 0 Å². The fourth-order valence-electron chi connectivity index (χ4n) is 3.67. The Morgan fingerprint density at radius 1 is 0.649 bits per heavy atom. The number of hydrogen-bond donors (Lipinski definition) is 0. The summed E-state index contributed by atoms with van der Waals surface area (Å²) in [5, 5.41) is 21.8. The number of alkyl halides is 12. The van der Waals surface area contributed by atoms with E-state index in [0.717, 1.165) is 0 Å². The van der Waals surface area contributed by atoms with E-state index in [2.05, 4.69) is 0 Å². The van der Waals surface area contributed by atoms with Crippen LogP contribution in [0.15, 0.2) is 46.8 Å². The molecule has 21 heteroatoms. The molecule has 0 heterocycles. The van der Waals surface area contributed by atoms with Gasteiger partial charge in [0.2, 0.25) is 0 Å². The Labute approximate surface area is 195 Å². The van der Waals surface area contributed by atoms with Gasteiger partial charge in [0.1, 0.15) is 11.1 Å². The van der Waals surface area contributed by atoms with Gasteiger partial charge in [-0.2, -0.15) is 52.7 Å². The van der Waals surface area contributed by atoms with Crippen molar-refractivity contribution in [3.8, 4) is 0 Å². The average Bonchev–Trinajstić information content (AvgIpc) is 2.69. The van der Waals surface area contributed by atoms with Crippen molar-refractivity contribution in [1.29, 1.82) is 0 Å². The highest BCUT2D eigenvalue weighted by Gasteiger charge is 2.77. The maximum Gasteiger partial charge on any atom is 0.419 e. The average molecular weight is 584 g/mol. The Bertz CT molecular complexity index is 1160. The van der Waals surface area contributed by atoms with E-state index in [9.17, 15) is 81.3 Å². The lowest BCUT2D eigenvalue weighted by Crippen LogP contribution is -2.64. The van der Waals surface area contributed by atoms with Gasteiger partial charge in [-0.1, -0.05) is 0 Å². The van der Waals surface area contributed by atoms with E-state index in [-0.39, 0.29) is 0 Å². The SMILES string of the molecule is O=[N+]([O-])C1=C(C(F)(F)F)CC(C(F)(F)F)(S(=O)(=O)C2(C(F)(F)F)C=CC([N+](=O)[O-])=C(C(F)(F)F)C2)C=C1. The van der Waals surface area contributed by atoms with Crippen LogP contribution in [0.25, 0.3) is 0 Å². The molecule has 0 aromatic heterocycles. The lowest BCUT2D eigenvalue weighted by atomic mass is 9.89. The third kappa shape index (κ3) is 4.56. The third-order valence-corrected chi connectivity index (χ3v) is 8.46. The van der Waals surface area contributed by atoms with E-state index in [1.54, 1.807) is 0 Å². The van der Waals surface area contributed by atoms with Crippen LogP contribution in [0.4, 0.5) is 52.7 Å². The molecule has 0 aromatic rings. The molecule has 0 aromatic carbocycles. The summed E-state index contributed by atoms with van der Waals surface area (Å²) in [7, 11) is -7.45. The van der Waals surface area contributed by atoms with Crippen LogP contribution in [-0.4, -0.2) is 52.5 Å². The smallest absolute Gasteiger partial charge is 0.258 e. The second-order valence-electron chi connectivity index (χ2n) is 7.54. The summed E-state index contributed by atoms with van der Waals surface area (Å²) in [5.74, 6) is 0. The number of nitro groups is 2. The minimum Gasteiger partial charge on any atom is -0.258 e. The van der Waals surface area contributed by atoms with Crippen LogP contribution >= 0.6 is 0 Å². The number of rotatable bonds is 4. The zero-order valence-electron chi connectivity index (χ0n) is 17.0. The molecule has 0 fully saturated rings. The van der Waals surface area contributed by atoms with Gasteiger partial charge >= 0.3 is 24.7 Å². The molecule has 37 heavy (non-hydrogen) atoms. The molecule has 0 N–H and O–H groups in total. The predicted octanol–water partition coefficient (Wildman–Crippen LogP) is 5.11. The summed E-state index contributed by atoms with van der Waals surface area (Å²) in [6.07, 6.45) is -34.7. The summed E-state index contributed by atoms with van der Waals surface area (Å²) in [6.45, 7) is 0. The molecule has 208 valence electrons. The highest BCUT2D eigenvalue weighted by molar-refractivity contribution is 7.94. The topological polar surface area (TPSA) is 120 Å². The van der Waals surface area contributed by atoms with Crippen LogP contribution in [0.3, 0.4) is 0 Å². The van der Waals surface area contributed by atoms with Crippen molar-refractivity contribution < 1.29 is 70.9 Å². The minimum absolute atomic E-state index is 0.670. The van der Waals surface area contributed by atoms with Crippen LogP contribution < -0.4 is 0 Å². The van der Waals surface area contributed by atoms with Gasteiger partial charge in [0, 0.05) is 25.0 Å². The molecule has 2 aliphatic rings. The molecule has 0 amide bonds. The van der Waals surface area contributed by atoms with Gasteiger partial charge in [-0.25, -0.2) is 8.42 Å². The number of nitrogens with zero attached hydrogens (tertiary/aromatic N) is 2. The van der Waals surface area contributed by atoms with Crippen LogP contribution in [0, 0.1) is 20.2 Å². The minimum atomic E-state index is -7.45. The summed E-state index contributed by atoms with van der Waals surface area (Å²) in [6, 6.07) is 0. The summed E-state index contributed by atoms with van der Waals surface area (Å²) in [5.41, 5.74) is -9.99. The summed E-state index contributed by atoms with van der Waals surface area (Å²) in [4.78, 5) is 18.0. The predicted molar refractivity (Wildman–Crippen MR) is 94.2 cm³/mol. The summed E-state index contributed by atoms with van der Waals surface area (Å²) < 4.78 is 181. The molecule has 8 nitrogen and oxygen atoms in total. The molecule has 0 bridgehead atoms. The van der Waals surface area contributed by atoms with Gasteiger partial charge in [0.15, 0.2) is 19.3 Å². The van der Waals surface area contributed by atoms with Gasteiger partial charge < -0.3 is 0 Å². The van der Waals surface area contributed by atoms with E-state index in [1.807, 2.05) is 0 Å². The molecule has 2 unspecified atom stereocenters. The Morgan fingerprint density at radius 3 is 1.11 bits per heavy atom. The molecule has 0 radical (unpaired) electrons. The van der Waals surface area contributed by atoms with Crippen LogP contribution in [0.1, 0.15) is 12.8 Å². The molecular formula is C16H8F12N2O6S. The van der Waals surface area contributed by atoms with Crippen molar-refractivity contribution in [1.82, 2.24) is 0 Å². The first-order chi connectivity index (χ1) is 16.3. The Morgan fingerprint density at radius 2 is 0.919 bits per heavy atom. The Hall–Kier alpha value is -3.13. The van der Waals surface area contributed by atoms with Gasteiger partial charge in [0.25, 0.3) is 11.4 Å². The first-order valence-corrected chi connectivity index (χ1v) is 10.4. The maximum atomic E-state index is 14.1. The van der Waals surface area contributed by atoms with Gasteiger partial charge in [-0.3, -0.25) is 20.2 Å². The number of halogens is 12.